The number of anilines is 2. The predicted molar refractivity (Wildman–Crippen MR) is 124 cm³/mol. The van der Waals surface area contributed by atoms with E-state index < -0.39 is 12.0 Å². The number of nitrogens with one attached hydrogen (secondary N) is 1. The van der Waals surface area contributed by atoms with E-state index >= 15 is 0 Å². The van der Waals surface area contributed by atoms with Crippen molar-refractivity contribution in [2.45, 2.75) is 44.6 Å². The van der Waals surface area contributed by atoms with E-state index in [2.05, 4.69) is 15.5 Å². The molecule has 1 amide bonds. The average Bonchev–Trinajstić information content (AvgIpc) is 3.25. The molecule has 0 bridgehead atoms. The summed E-state index contributed by atoms with van der Waals surface area (Å²) >= 11 is 2.80. The number of amides is 1. The van der Waals surface area contributed by atoms with Crippen LogP contribution in [-0.2, 0) is 15.3 Å². The Bertz CT molecular complexity index is 1080. The Balaban J connectivity index is 1.79. The third kappa shape index (κ3) is 5.08. The van der Waals surface area contributed by atoms with Crippen molar-refractivity contribution in [2.24, 2.45) is 0 Å². The lowest BCUT2D eigenvalue weighted by atomic mass is 10.1. The molecule has 0 radical (unpaired) electrons. The summed E-state index contributed by atoms with van der Waals surface area (Å²) in [6.45, 7) is 7.47. The zero-order chi connectivity index (χ0) is 22.5. The van der Waals surface area contributed by atoms with Crippen LogP contribution in [0.1, 0.15) is 46.3 Å². The van der Waals surface area contributed by atoms with Crippen molar-refractivity contribution in [3.63, 3.8) is 0 Å². The predicted octanol–water partition coefficient (Wildman–Crippen LogP) is 4.21. The summed E-state index contributed by atoms with van der Waals surface area (Å²) in [5.41, 5.74) is 8.33. The van der Waals surface area contributed by atoms with E-state index in [0.29, 0.717) is 21.5 Å². The van der Waals surface area contributed by atoms with Crippen LogP contribution in [0.15, 0.2) is 35.5 Å². The van der Waals surface area contributed by atoms with Gasteiger partial charge in [-0.3, -0.25) is 9.36 Å². The Morgan fingerprint density at radius 1 is 1.26 bits per heavy atom. The highest BCUT2D eigenvalue weighted by Gasteiger charge is 2.26. The van der Waals surface area contributed by atoms with Gasteiger partial charge in [0, 0.05) is 10.6 Å². The number of nitrogens with zero attached hydrogens (tertiary/aromatic N) is 3. The zero-order valence-corrected chi connectivity index (χ0v) is 19.5. The van der Waals surface area contributed by atoms with Crippen molar-refractivity contribution < 1.29 is 14.3 Å². The minimum Gasteiger partial charge on any atom is -0.462 e. The van der Waals surface area contributed by atoms with E-state index in [-0.39, 0.29) is 18.5 Å². The lowest BCUT2D eigenvalue weighted by Crippen LogP contribution is -2.25. The number of hydrogen-bond acceptors (Lipinski definition) is 8. The number of esters is 1. The molecule has 0 spiro atoms. The maximum atomic E-state index is 13.0. The largest absolute Gasteiger partial charge is 0.462 e. The molecule has 2 heterocycles. The number of hydrogen-bond donors (Lipinski definition) is 2. The second kappa shape index (κ2) is 9.97. The van der Waals surface area contributed by atoms with E-state index in [1.165, 1.54) is 23.1 Å². The molecular weight excluding hydrogens is 434 g/mol. The van der Waals surface area contributed by atoms with Crippen LogP contribution in [0.5, 0.6) is 0 Å². The fraction of sp³-hybridized carbons (Fsp3) is 0.333. The van der Waals surface area contributed by atoms with Gasteiger partial charge in [-0.25, -0.2) is 4.79 Å². The number of thiophene rings is 1. The summed E-state index contributed by atoms with van der Waals surface area (Å²) in [5, 5.41) is 12.0. The van der Waals surface area contributed by atoms with Crippen molar-refractivity contribution in [1.29, 1.82) is 0 Å². The van der Waals surface area contributed by atoms with Gasteiger partial charge in [0.1, 0.15) is 11.0 Å². The summed E-state index contributed by atoms with van der Waals surface area (Å²) < 4.78 is 6.75. The molecule has 0 fully saturated rings. The molecule has 1 atom stereocenters. The molecule has 0 saturated heterocycles. The second-order valence-corrected chi connectivity index (χ2v) is 9.03. The van der Waals surface area contributed by atoms with E-state index in [9.17, 15) is 9.59 Å². The van der Waals surface area contributed by atoms with Gasteiger partial charge in [0.2, 0.25) is 11.9 Å². The Labute approximate surface area is 189 Å². The third-order valence-electron chi connectivity index (χ3n) is 4.77. The summed E-state index contributed by atoms with van der Waals surface area (Å²) in [5.74, 6) is 0.0568. The molecule has 3 rings (SSSR count). The van der Waals surface area contributed by atoms with Crippen molar-refractivity contribution >= 4 is 45.9 Å². The van der Waals surface area contributed by atoms with Crippen LogP contribution in [0.25, 0.3) is 0 Å². The van der Waals surface area contributed by atoms with Crippen LogP contribution >= 0.6 is 23.1 Å². The Kier molecular flexibility index (Phi) is 7.34. The molecule has 0 aliphatic rings. The molecule has 2 aromatic heterocycles. The molecule has 0 aliphatic carbocycles. The minimum absolute atomic E-state index is 0.155. The normalized spacial score (nSPS) is 11.9. The molecule has 8 nitrogen and oxygen atoms in total. The molecule has 10 heteroatoms. The first kappa shape index (κ1) is 22.8. The molecular formula is C21H25N5O3S2. The summed E-state index contributed by atoms with van der Waals surface area (Å²) in [7, 11) is 0. The standard InChI is InChI=1S/C21H25N5O3S2/c1-5-29-19(28)16-12(2)14(4)31-18(16)23-17(27)13(3)26-20(22)24-25-21(26)30-11-15-9-7-6-8-10-15/h6-10,13H,5,11H2,1-4H3,(H2,22,24)(H,23,27). The van der Waals surface area contributed by atoms with Crippen LogP contribution in [0.2, 0.25) is 0 Å². The summed E-state index contributed by atoms with van der Waals surface area (Å²) in [4.78, 5) is 26.4. The average molecular weight is 460 g/mol. The van der Waals surface area contributed by atoms with E-state index in [1.54, 1.807) is 18.4 Å². The minimum atomic E-state index is -0.675. The monoisotopic (exact) mass is 459 g/mol. The number of nitrogen functional groups attached to an aromatic ring is 1. The van der Waals surface area contributed by atoms with Crippen LogP contribution in [-0.4, -0.2) is 33.2 Å². The molecule has 3 aromatic rings. The van der Waals surface area contributed by atoms with Crippen molar-refractivity contribution in [1.82, 2.24) is 14.8 Å². The van der Waals surface area contributed by atoms with Gasteiger partial charge in [0.15, 0.2) is 5.16 Å². The van der Waals surface area contributed by atoms with Crippen LogP contribution in [0.3, 0.4) is 0 Å². The Morgan fingerprint density at radius 2 is 1.97 bits per heavy atom. The van der Waals surface area contributed by atoms with Gasteiger partial charge < -0.3 is 15.8 Å². The van der Waals surface area contributed by atoms with Crippen molar-refractivity contribution in [2.75, 3.05) is 17.7 Å². The van der Waals surface area contributed by atoms with Gasteiger partial charge in [-0.15, -0.1) is 21.5 Å². The first-order valence-corrected chi connectivity index (χ1v) is 11.6. The van der Waals surface area contributed by atoms with Gasteiger partial charge in [-0.05, 0) is 38.8 Å². The van der Waals surface area contributed by atoms with Gasteiger partial charge in [0.25, 0.3) is 0 Å². The molecule has 0 saturated carbocycles. The van der Waals surface area contributed by atoms with Gasteiger partial charge in [-0.1, -0.05) is 42.1 Å². The van der Waals surface area contributed by atoms with Crippen LogP contribution < -0.4 is 11.1 Å². The molecule has 3 N–H and O–H groups in total. The first-order valence-electron chi connectivity index (χ1n) is 9.78. The third-order valence-corrected chi connectivity index (χ3v) is 6.91. The summed E-state index contributed by atoms with van der Waals surface area (Å²) in [6.07, 6.45) is 0. The number of aryl methyl sites for hydroxylation is 1. The van der Waals surface area contributed by atoms with Crippen LogP contribution in [0.4, 0.5) is 10.9 Å². The Morgan fingerprint density at radius 3 is 2.65 bits per heavy atom. The van der Waals surface area contributed by atoms with Gasteiger partial charge >= 0.3 is 5.97 Å². The molecule has 31 heavy (non-hydrogen) atoms. The van der Waals surface area contributed by atoms with E-state index in [4.69, 9.17) is 10.5 Å². The molecule has 0 aliphatic heterocycles. The highest BCUT2D eigenvalue weighted by Crippen LogP contribution is 2.34. The quantitative estimate of drug-likeness (QED) is 0.383. The number of carbonyl (C=O) groups is 2. The van der Waals surface area contributed by atoms with E-state index in [1.807, 2.05) is 44.2 Å². The first-order chi connectivity index (χ1) is 14.8. The number of nitrogens with two attached hydrogens (primary N) is 1. The molecule has 1 unspecified atom stereocenters. The van der Waals surface area contributed by atoms with Gasteiger partial charge in [-0.2, -0.15) is 0 Å². The highest BCUT2D eigenvalue weighted by atomic mass is 32.2. The Hall–Kier alpha value is -2.85. The lowest BCUT2D eigenvalue weighted by Gasteiger charge is -2.16. The van der Waals surface area contributed by atoms with E-state index in [0.717, 1.165) is 16.0 Å². The number of aromatic nitrogens is 3. The second-order valence-electron chi connectivity index (χ2n) is 6.86. The topological polar surface area (TPSA) is 112 Å². The zero-order valence-electron chi connectivity index (χ0n) is 17.8. The lowest BCUT2D eigenvalue weighted by molar-refractivity contribution is -0.118. The maximum Gasteiger partial charge on any atom is 0.341 e. The summed E-state index contributed by atoms with van der Waals surface area (Å²) in [6, 6.07) is 9.26. The van der Waals surface area contributed by atoms with Gasteiger partial charge in [0.05, 0.1) is 12.2 Å². The SMILES string of the molecule is CCOC(=O)c1c(NC(=O)C(C)n2c(N)nnc2SCc2ccccc2)sc(C)c1C. The fourth-order valence-corrected chi connectivity index (χ4v) is 5.00. The van der Waals surface area contributed by atoms with Crippen molar-refractivity contribution in [3.05, 3.63) is 51.9 Å². The number of thioether (sulfide) groups is 1. The molecule has 1 aromatic carbocycles. The highest BCUT2D eigenvalue weighted by molar-refractivity contribution is 7.98. The number of ether oxygens (including phenoxy) is 1. The number of benzene rings is 1. The smallest absolute Gasteiger partial charge is 0.341 e. The maximum absolute atomic E-state index is 13.0. The number of rotatable bonds is 8. The number of carbonyl (C=O) groups excluding carboxylic acids is 2. The fourth-order valence-electron chi connectivity index (χ4n) is 2.97. The van der Waals surface area contributed by atoms with Crippen LogP contribution in [0, 0.1) is 13.8 Å². The molecule has 164 valence electrons. The van der Waals surface area contributed by atoms with Crippen molar-refractivity contribution in [3.8, 4) is 0 Å².